The number of nitrogens with zero attached hydrogens (tertiary/aromatic N) is 2. The highest BCUT2D eigenvalue weighted by molar-refractivity contribution is 6.13. The molecule has 0 radical (unpaired) electrons. The van der Waals surface area contributed by atoms with Crippen LogP contribution in [0, 0.1) is 23.7 Å². The molecule has 0 saturated carbocycles. The van der Waals surface area contributed by atoms with Crippen LogP contribution < -0.4 is 11.1 Å². The molecule has 0 spiro atoms. The van der Waals surface area contributed by atoms with Crippen LogP contribution in [0.2, 0.25) is 0 Å². The number of hydrogen-bond donors (Lipinski definition) is 3. The summed E-state index contributed by atoms with van der Waals surface area (Å²) in [6.07, 6.45) is 4.86. The fraction of sp³-hybridized carbons (Fsp3) is 0.190. The summed E-state index contributed by atoms with van der Waals surface area (Å²) in [5.41, 5.74) is 13.3. The van der Waals surface area contributed by atoms with E-state index in [4.69, 9.17) is 15.7 Å². The summed E-state index contributed by atoms with van der Waals surface area (Å²) < 4.78 is 4.83. The van der Waals surface area contributed by atoms with Crippen LogP contribution in [-0.4, -0.2) is 10.9 Å². The molecule has 1 aliphatic carbocycles. The Morgan fingerprint density at radius 1 is 1.37 bits per heavy atom. The molecule has 1 aliphatic rings. The fourth-order valence-electron chi connectivity index (χ4n) is 3.70. The van der Waals surface area contributed by atoms with Gasteiger partial charge in [0.25, 0.3) is 0 Å². The average molecular weight is 357 g/mol. The maximum atomic E-state index is 9.23. The van der Waals surface area contributed by atoms with Crippen molar-refractivity contribution in [2.24, 2.45) is 0 Å². The topological polar surface area (TPSA) is 112 Å². The summed E-state index contributed by atoms with van der Waals surface area (Å²) in [6.45, 7) is 2.02. The lowest BCUT2D eigenvalue weighted by Crippen LogP contribution is -2.10. The van der Waals surface area contributed by atoms with Crippen LogP contribution in [0.25, 0.3) is 0 Å². The third kappa shape index (κ3) is 2.93. The second kappa shape index (κ2) is 6.61. The Morgan fingerprint density at radius 3 is 2.96 bits per heavy atom. The Hall–Kier alpha value is -3.59. The van der Waals surface area contributed by atoms with Crippen molar-refractivity contribution >= 4 is 17.1 Å². The van der Waals surface area contributed by atoms with Crippen molar-refractivity contribution in [3.63, 3.8) is 0 Å². The molecule has 4 N–H and O–H groups in total. The van der Waals surface area contributed by atoms with E-state index in [1.165, 1.54) is 23.6 Å². The molecule has 0 saturated heterocycles. The summed E-state index contributed by atoms with van der Waals surface area (Å²) in [5, 5.41) is 24.8. The molecule has 27 heavy (non-hydrogen) atoms. The summed E-state index contributed by atoms with van der Waals surface area (Å²) in [6, 6.07) is 12.0. The first-order valence-corrected chi connectivity index (χ1v) is 8.75. The molecular formula is C21H19N5O. The van der Waals surface area contributed by atoms with Crippen LogP contribution in [0.4, 0.5) is 11.4 Å². The van der Waals surface area contributed by atoms with E-state index in [1.807, 2.05) is 31.2 Å². The Balaban J connectivity index is 1.62. The van der Waals surface area contributed by atoms with Gasteiger partial charge in [-0.15, -0.1) is 0 Å². The number of aromatic nitrogens is 1. The first kappa shape index (κ1) is 16.9. The first-order chi connectivity index (χ1) is 13.1. The molecule has 1 atom stereocenters. The lowest BCUT2D eigenvalue weighted by atomic mass is 9.98. The van der Waals surface area contributed by atoms with Gasteiger partial charge >= 0.3 is 0 Å². The van der Waals surface area contributed by atoms with Gasteiger partial charge in [-0.2, -0.15) is 5.26 Å². The van der Waals surface area contributed by atoms with Crippen molar-refractivity contribution in [2.75, 3.05) is 11.1 Å². The lowest BCUT2D eigenvalue weighted by molar-refractivity contribution is 0.419. The van der Waals surface area contributed by atoms with E-state index in [-0.39, 0.29) is 11.8 Å². The quantitative estimate of drug-likeness (QED) is 0.483. The minimum absolute atomic E-state index is 0.174. The molecule has 0 fully saturated rings. The molecule has 0 aliphatic heterocycles. The van der Waals surface area contributed by atoms with Gasteiger partial charge in [-0.05, 0) is 60.7 Å². The van der Waals surface area contributed by atoms with Gasteiger partial charge in [0, 0.05) is 16.9 Å². The van der Waals surface area contributed by atoms with E-state index in [0.29, 0.717) is 16.8 Å². The number of nitrogen functional groups attached to an aromatic ring is 1. The zero-order valence-corrected chi connectivity index (χ0v) is 14.9. The number of hydrogen-bond acceptors (Lipinski definition) is 6. The molecule has 0 amide bonds. The third-order valence-corrected chi connectivity index (χ3v) is 5.20. The molecule has 6 heteroatoms. The smallest absolute Gasteiger partial charge is 0.133 e. The predicted molar refractivity (Wildman–Crippen MR) is 104 cm³/mol. The summed E-state index contributed by atoms with van der Waals surface area (Å²) in [5.74, 6) is 0. The van der Waals surface area contributed by atoms with E-state index in [2.05, 4.69) is 16.5 Å². The van der Waals surface area contributed by atoms with E-state index in [0.717, 1.165) is 29.7 Å². The summed E-state index contributed by atoms with van der Waals surface area (Å²) in [7, 11) is 0. The Bertz CT molecular complexity index is 1060. The Morgan fingerprint density at radius 2 is 2.22 bits per heavy atom. The largest absolute Gasteiger partial charge is 0.398 e. The second-order valence-corrected chi connectivity index (χ2v) is 6.74. The number of rotatable bonds is 4. The van der Waals surface area contributed by atoms with Crippen LogP contribution in [-0.2, 0) is 6.42 Å². The van der Waals surface area contributed by atoms with Gasteiger partial charge in [0.05, 0.1) is 35.1 Å². The van der Waals surface area contributed by atoms with Crippen LogP contribution in [0.15, 0.2) is 47.3 Å². The molecule has 1 unspecified atom stereocenters. The van der Waals surface area contributed by atoms with Crippen LogP contribution in [0.3, 0.4) is 0 Å². The van der Waals surface area contributed by atoms with Crippen LogP contribution in [0.1, 0.15) is 45.8 Å². The molecule has 0 bridgehead atoms. The van der Waals surface area contributed by atoms with Gasteiger partial charge in [0.1, 0.15) is 6.26 Å². The molecule has 1 heterocycles. The number of nitrogens with two attached hydrogens (primary N) is 1. The van der Waals surface area contributed by atoms with Crippen molar-refractivity contribution < 1.29 is 4.52 Å². The molecule has 1 aromatic heterocycles. The van der Waals surface area contributed by atoms with Crippen molar-refractivity contribution in [3.05, 3.63) is 76.2 Å². The standard InChI is InChI=1S/C21H19N5O/c1-12-13(9-22)2-4-17-16(12)5-7-20(17)26-15-3-6-19(23)18(8-15)21(24)14-10-25-27-11-14/h2-4,6,8,10-11,20,24,26H,5,7,23H2,1H3. The van der Waals surface area contributed by atoms with Gasteiger partial charge in [0.15, 0.2) is 0 Å². The van der Waals surface area contributed by atoms with Crippen molar-refractivity contribution in [1.29, 1.82) is 10.7 Å². The lowest BCUT2D eigenvalue weighted by Gasteiger charge is -2.18. The Labute approximate surface area is 157 Å². The van der Waals surface area contributed by atoms with Crippen molar-refractivity contribution in [1.82, 2.24) is 5.16 Å². The van der Waals surface area contributed by atoms with Crippen molar-refractivity contribution in [2.45, 2.75) is 25.8 Å². The van der Waals surface area contributed by atoms with Gasteiger partial charge in [0.2, 0.25) is 0 Å². The van der Waals surface area contributed by atoms with E-state index >= 15 is 0 Å². The number of nitriles is 1. The van der Waals surface area contributed by atoms with Gasteiger partial charge in [-0.3, -0.25) is 5.41 Å². The predicted octanol–water partition coefficient (Wildman–Crippen LogP) is 3.95. The van der Waals surface area contributed by atoms with Gasteiger partial charge < -0.3 is 15.6 Å². The van der Waals surface area contributed by atoms with Crippen LogP contribution in [0.5, 0.6) is 0 Å². The minimum atomic E-state index is 0.174. The van der Waals surface area contributed by atoms with E-state index in [1.54, 1.807) is 6.07 Å². The highest BCUT2D eigenvalue weighted by Crippen LogP contribution is 2.37. The van der Waals surface area contributed by atoms with Gasteiger partial charge in [-0.25, -0.2) is 0 Å². The molecule has 3 aromatic rings. The maximum absolute atomic E-state index is 9.23. The van der Waals surface area contributed by atoms with E-state index < -0.39 is 0 Å². The number of anilines is 2. The normalized spacial score (nSPS) is 15.2. The highest BCUT2D eigenvalue weighted by Gasteiger charge is 2.25. The minimum Gasteiger partial charge on any atom is -0.398 e. The number of fused-ring (bicyclic) bond motifs is 1. The zero-order valence-electron chi connectivity index (χ0n) is 14.9. The average Bonchev–Trinajstić information content (AvgIpc) is 3.34. The maximum Gasteiger partial charge on any atom is 0.133 e. The highest BCUT2D eigenvalue weighted by atomic mass is 16.5. The summed E-state index contributed by atoms with van der Waals surface area (Å²) >= 11 is 0. The number of benzene rings is 2. The SMILES string of the molecule is Cc1c(C#N)ccc2c1CCC2Nc1ccc(N)c(C(=N)c2cnoc2)c1. The zero-order chi connectivity index (χ0) is 19.0. The third-order valence-electron chi connectivity index (χ3n) is 5.20. The molecule has 6 nitrogen and oxygen atoms in total. The Kier molecular flexibility index (Phi) is 4.13. The van der Waals surface area contributed by atoms with E-state index in [9.17, 15) is 5.26 Å². The fourth-order valence-corrected chi connectivity index (χ4v) is 3.70. The molecular weight excluding hydrogens is 338 g/mol. The number of nitrogens with one attached hydrogen (secondary N) is 2. The molecule has 134 valence electrons. The second-order valence-electron chi connectivity index (χ2n) is 6.74. The first-order valence-electron chi connectivity index (χ1n) is 8.75. The summed E-state index contributed by atoms with van der Waals surface area (Å²) in [4.78, 5) is 0. The molecule has 2 aromatic carbocycles. The van der Waals surface area contributed by atoms with Gasteiger partial charge in [-0.1, -0.05) is 11.2 Å². The monoisotopic (exact) mass is 357 g/mol. The molecule has 4 rings (SSSR count). The van der Waals surface area contributed by atoms with Crippen LogP contribution >= 0.6 is 0 Å². The van der Waals surface area contributed by atoms with Crippen molar-refractivity contribution in [3.8, 4) is 6.07 Å².